The molecule has 3 rings (SSSR count). The van der Waals surface area contributed by atoms with Gasteiger partial charge in [0.1, 0.15) is 5.78 Å². The molecular formula is C16H25NO2S. The molecule has 3 atom stereocenters. The third-order valence-electron chi connectivity index (χ3n) is 5.30. The van der Waals surface area contributed by atoms with E-state index in [9.17, 15) is 9.59 Å². The maximum absolute atomic E-state index is 13.0. The van der Waals surface area contributed by atoms with Gasteiger partial charge in [-0.05, 0) is 57.6 Å². The molecule has 112 valence electrons. The van der Waals surface area contributed by atoms with E-state index < -0.39 is 0 Å². The molecule has 0 radical (unpaired) electrons. The van der Waals surface area contributed by atoms with Gasteiger partial charge in [-0.2, -0.15) is 0 Å². The number of thioether (sulfide) groups is 1. The lowest BCUT2D eigenvalue weighted by molar-refractivity contribution is -0.140. The molecule has 3 unspecified atom stereocenters. The summed E-state index contributed by atoms with van der Waals surface area (Å²) in [5, 5.41) is 0. The minimum atomic E-state index is -0.225. The number of ketones is 1. The molecule has 0 aromatic rings. The van der Waals surface area contributed by atoms with Crippen LogP contribution in [0, 0.1) is 5.92 Å². The molecule has 2 heterocycles. The minimum Gasteiger partial charge on any atom is -0.338 e. The fourth-order valence-corrected chi connectivity index (χ4v) is 5.40. The highest BCUT2D eigenvalue weighted by molar-refractivity contribution is 8.01. The maximum Gasteiger partial charge on any atom is 0.238 e. The van der Waals surface area contributed by atoms with Gasteiger partial charge in [-0.15, -0.1) is 11.8 Å². The van der Waals surface area contributed by atoms with Gasteiger partial charge >= 0.3 is 0 Å². The number of rotatable bonds is 2. The number of nitrogens with zero attached hydrogens (tertiary/aromatic N) is 1. The van der Waals surface area contributed by atoms with E-state index in [0.29, 0.717) is 11.7 Å². The van der Waals surface area contributed by atoms with E-state index in [1.54, 1.807) is 0 Å². The van der Waals surface area contributed by atoms with E-state index in [-0.39, 0.29) is 16.7 Å². The zero-order valence-electron chi connectivity index (χ0n) is 12.4. The van der Waals surface area contributed by atoms with Crippen molar-refractivity contribution in [2.45, 2.75) is 69.1 Å². The summed E-state index contributed by atoms with van der Waals surface area (Å²) in [4.78, 5) is 27.2. The van der Waals surface area contributed by atoms with Crippen molar-refractivity contribution in [2.75, 3.05) is 12.3 Å². The standard InChI is InChI=1S/C16H25NO2S/c1-16(9-5-11-20-16)15(19)17-10-3-2-7-13(17)12-6-4-8-14(12)18/h12-13H,2-11H2,1H3. The molecule has 2 aliphatic heterocycles. The van der Waals surface area contributed by atoms with Gasteiger partial charge in [0.15, 0.2) is 0 Å². The summed E-state index contributed by atoms with van der Waals surface area (Å²) < 4.78 is -0.225. The lowest BCUT2D eigenvalue weighted by Crippen LogP contribution is -2.54. The van der Waals surface area contributed by atoms with Crippen molar-refractivity contribution < 1.29 is 9.59 Å². The lowest BCUT2D eigenvalue weighted by Gasteiger charge is -2.42. The highest BCUT2D eigenvalue weighted by Crippen LogP contribution is 2.42. The Balaban J connectivity index is 1.78. The van der Waals surface area contributed by atoms with E-state index in [1.807, 2.05) is 11.8 Å². The van der Waals surface area contributed by atoms with Crippen LogP contribution in [-0.2, 0) is 9.59 Å². The highest BCUT2D eigenvalue weighted by atomic mass is 32.2. The number of piperidine rings is 1. The molecule has 1 amide bonds. The Labute approximate surface area is 125 Å². The molecule has 20 heavy (non-hydrogen) atoms. The first-order valence-corrected chi connectivity index (χ1v) is 9.08. The summed E-state index contributed by atoms with van der Waals surface area (Å²) in [5.41, 5.74) is 0. The molecule has 0 aromatic carbocycles. The van der Waals surface area contributed by atoms with E-state index in [1.165, 1.54) is 6.42 Å². The van der Waals surface area contributed by atoms with Crippen molar-refractivity contribution in [3.05, 3.63) is 0 Å². The second kappa shape index (κ2) is 5.70. The topological polar surface area (TPSA) is 37.4 Å². The van der Waals surface area contributed by atoms with Crippen LogP contribution in [0.15, 0.2) is 0 Å². The fraction of sp³-hybridized carbons (Fsp3) is 0.875. The molecule has 2 saturated heterocycles. The second-order valence-electron chi connectivity index (χ2n) is 6.71. The summed E-state index contributed by atoms with van der Waals surface area (Å²) in [6.45, 7) is 2.97. The number of carbonyl (C=O) groups is 2. The normalized spacial score (nSPS) is 38.5. The Bertz CT molecular complexity index is 403. The second-order valence-corrected chi connectivity index (χ2v) is 8.31. The molecule has 3 aliphatic rings. The Hall–Kier alpha value is -0.510. The number of carbonyl (C=O) groups excluding carboxylic acids is 2. The summed E-state index contributed by atoms with van der Waals surface area (Å²) in [7, 11) is 0. The largest absolute Gasteiger partial charge is 0.338 e. The number of likely N-dealkylation sites (tertiary alicyclic amines) is 1. The molecule has 0 bridgehead atoms. The summed E-state index contributed by atoms with van der Waals surface area (Å²) in [5.74, 6) is 1.95. The first-order valence-electron chi connectivity index (χ1n) is 8.09. The average Bonchev–Trinajstić information content (AvgIpc) is 3.08. The van der Waals surface area contributed by atoms with Crippen molar-refractivity contribution >= 4 is 23.5 Å². The van der Waals surface area contributed by atoms with E-state index in [2.05, 4.69) is 11.8 Å². The SMILES string of the molecule is CC1(C(=O)N2CCCCC2C2CCCC2=O)CCCS1. The molecule has 0 spiro atoms. The number of amides is 1. The third kappa shape index (κ3) is 2.51. The first kappa shape index (κ1) is 14.4. The molecule has 0 aromatic heterocycles. The number of hydrogen-bond donors (Lipinski definition) is 0. The third-order valence-corrected chi connectivity index (χ3v) is 6.81. The average molecular weight is 295 g/mol. The van der Waals surface area contributed by atoms with E-state index in [0.717, 1.165) is 57.2 Å². The molecule has 3 fully saturated rings. The van der Waals surface area contributed by atoms with E-state index in [4.69, 9.17) is 0 Å². The number of Topliss-reactive ketones (excluding diaryl/α,β-unsaturated/α-hetero) is 1. The summed E-state index contributed by atoms with van der Waals surface area (Å²) in [6, 6.07) is 0.198. The van der Waals surface area contributed by atoms with Crippen LogP contribution in [-0.4, -0.2) is 39.7 Å². The fourth-order valence-electron chi connectivity index (χ4n) is 4.13. The summed E-state index contributed by atoms with van der Waals surface area (Å²) in [6.07, 6.45) is 8.20. The van der Waals surface area contributed by atoms with Crippen molar-refractivity contribution in [1.82, 2.24) is 4.90 Å². The molecular weight excluding hydrogens is 270 g/mol. The van der Waals surface area contributed by atoms with Crippen LogP contribution in [0.1, 0.15) is 58.3 Å². The Morgan fingerprint density at radius 1 is 1.25 bits per heavy atom. The Morgan fingerprint density at radius 3 is 2.75 bits per heavy atom. The summed E-state index contributed by atoms with van der Waals surface area (Å²) >= 11 is 1.82. The van der Waals surface area contributed by atoms with Gasteiger partial charge < -0.3 is 4.90 Å². The van der Waals surface area contributed by atoms with Crippen molar-refractivity contribution in [3.63, 3.8) is 0 Å². The Kier molecular flexibility index (Phi) is 4.11. The van der Waals surface area contributed by atoms with Crippen LogP contribution in [0.3, 0.4) is 0 Å². The molecule has 0 N–H and O–H groups in total. The van der Waals surface area contributed by atoms with Crippen LogP contribution in [0.4, 0.5) is 0 Å². The van der Waals surface area contributed by atoms with Crippen molar-refractivity contribution in [3.8, 4) is 0 Å². The first-order chi connectivity index (χ1) is 9.62. The van der Waals surface area contributed by atoms with Crippen LogP contribution in [0.2, 0.25) is 0 Å². The molecule has 1 saturated carbocycles. The quantitative estimate of drug-likeness (QED) is 0.786. The zero-order valence-corrected chi connectivity index (χ0v) is 13.2. The predicted molar refractivity (Wildman–Crippen MR) is 81.8 cm³/mol. The molecule has 4 heteroatoms. The van der Waals surface area contributed by atoms with Gasteiger partial charge in [-0.3, -0.25) is 9.59 Å². The monoisotopic (exact) mass is 295 g/mol. The highest BCUT2D eigenvalue weighted by Gasteiger charge is 2.45. The van der Waals surface area contributed by atoms with Crippen LogP contribution in [0.5, 0.6) is 0 Å². The lowest BCUT2D eigenvalue weighted by atomic mass is 9.87. The van der Waals surface area contributed by atoms with Crippen LogP contribution < -0.4 is 0 Å². The van der Waals surface area contributed by atoms with Gasteiger partial charge in [-0.25, -0.2) is 0 Å². The molecule has 1 aliphatic carbocycles. The van der Waals surface area contributed by atoms with Gasteiger partial charge in [0.25, 0.3) is 0 Å². The smallest absolute Gasteiger partial charge is 0.238 e. The van der Waals surface area contributed by atoms with Crippen molar-refractivity contribution in [2.24, 2.45) is 5.92 Å². The van der Waals surface area contributed by atoms with Crippen molar-refractivity contribution in [1.29, 1.82) is 0 Å². The van der Waals surface area contributed by atoms with Gasteiger partial charge in [0.05, 0.1) is 4.75 Å². The maximum atomic E-state index is 13.0. The molecule has 3 nitrogen and oxygen atoms in total. The Morgan fingerprint density at radius 2 is 2.10 bits per heavy atom. The van der Waals surface area contributed by atoms with E-state index >= 15 is 0 Å². The van der Waals surface area contributed by atoms with Gasteiger partial charge in [0.2, 0.25) is 5.91 Å². The van der Waals surface area contributed by atoms with Crippen LogP contribution in [0.25, 0.3) is 0 Å². The van der Waals surface area contributed by atoms with Crippen LogP contribution >= 0.6 is 11.8 Å². The minimum absolute atomic E-state index is 0.134. The number of hydrogen-bond acceptors (Lipinski definition) is 3. The van der Waals surface area contributed by atoms with Gasteiger partial charge in [-0.1, -0.05) is 0 Å². The predicted octanol–water partition coefficient (Wildman–Crippen LogP) is 3.02. The van der Waals surface area contributed by atoms with Gasteiger partial charge in [0, 0.05) is 24.9 Å². The zero-order chi connectivity index (χ0) is 14.2.